The highest BCUT2D eigenvalue weighted by atomic mass is 16.5. The van der Waals surface area contributed by atoms with E-state index in [1.807, 2.05) is 0 Å². The zero-order valence-electron chi connectivity index (χ0n) is 5.99. The van der Waals surface area contributed by atoms with Gasteiger partial charge in [-0.1, -0.05) is 0 Å². The summed E-state index contributed by atoms with van der Waals surface area (Å²) in [4.78, 5) is 32.8. The van der Waals surface area contributed by atoms with Gasteiger partial charge in [-0.15, -0.1) is 0 Å². The van der Waals surface area contributed by atoms with Crippen molar-refractivity contribution in [2.24, 2.45) is 0 Å². The van der Waals surface area contributed by atoms with Crippen molar-refractivity contribution in [1.29, 1.82) is 0 Å². The van der Waals surface area contributed by atoms with Crippen LogP contribution in [0.25, 0.3) is 0 Å². The molecule has 0 aliphatic carbocycles. The standard InChI is InChI=1S/C6H7NO4/c1-11-6(10)7-4(8)2-3-5(7)9/h2-3H2,1H3. The Balaban J connectivity index is 2.76. The van der Waals surface area contributed by atoms with Gasteiger partial charge in [-0.25, -0.2) is 4.79 Å². The monoisotopic (exact) mass is 157 g/mol. The first-order valence-corrected chi connectivity index (χ1v) is 3.10. The summed E-state index contributed by atoms with van der Waals surface area (Å²) in [7, 11) is 1.13. The first kappa shape index (κ1) is 7.71. The molecule has 5 heteroatoms. The minimum Gasteiger partial charge on any atom is -0.452 e. The lowest BCUT2D eigenvalue weighted by Crippen LogP contribution is -2.35. The number of carbonyl (C=O) groups is 3. The van der Waals surface area contributed by atoms with Crippen LogP contribution >= 0.6 is 0 Å². The van der Waals surface area contributed by atoms with E-state index in [-0.39, 0.29) is 12.8 Å². The molecule has 0 aromatic rings. The van der Waals surface area contributed by atoms with Gasteiger partial charge in [0.1, 0.15) is 0 Å². The fourth-order valence-electron chi connectivity index (χ4n) is 0.871. The number of methoxy groups -OCH3 is 1. The van der Waals surface area contributed by atoms with Crippen molar-refractivity contribution in [3.63, 3.8) is 0 Å². The van der Waals surface area contributed by atoms with E-state index in [1.165, 1.54) is 0 Å². The molecule has 0 saturated carbocycles. The van der Waals surface area contributed by atoms with Crippen molar-refractivity contribution in [3.05, 3.63) is 0 Å². The Kier molecular flexibility index (Phi) is 1.89. The summed E-state index contributed by atoms with van der Waals surface area (Å²) in [6.07, 6.45) is -0.681. The maximum Gasteiger partial charge on any atom is 0.423 e. The predicted octanol–water partition coefficient (Wildman–Crippen LogP) is -0.0982. The van der Waals surface area contributed by atoms with Crippen LogP contribution in [0, 0.1) is 0 Å². The summed E-state index contributed by atoms with van der Waals surface area (Å²) in [5, 5.41) is 0. The minimum absolute atomic E-state index is 0.105. The summed E-state index contributed by atoms with van der Waals surface area (Å²) in [6.45, 7) is 0. The van der Waals surface area contributed by atoms with Crippen LogP contribution in [-0.2, 0) is 14.3 Å². The molecule has 3 amide bonds. The van der Waals surface area contributed by atoms with E-state index in [1.54, 1.807) is 0 Å². The van der Waals surface area contributed by atoms with Gasteiger partial charge in [0.05, 0.1) is 7.11 Å². The highest BCUT2D eigenvalue weighted by Gasteiger charge is 2.34. The summed E-state index contributed by atoms with van der Waals surface area (Å²) >= 11 is 0. The van der Waals surface area contributed by atoms with Gasteiger partial charge in [0, 0.05) is 12.8 Å². The van der Waals surface area contributed by atoms with Crippen LogP contribution in [0.5, 0.6) is 0 Å². The molecular weight excluding hydrogens is 150 g/mol. The highest BCUT2D eigenvalue weighted by Crippen LogP contribution is 2.12. The molecule has 5 nitrogen and oxygen atoms in total. The zero-order valence-corrected chi connectivity index (χ0v) is 5.99. The average molecular weight is 157 g/mol. The number of imide groups is 3. The Labute approximate surface area is 62.9 Å². The second-order valence-corrected chi connectivity index (χ2v) is 2.09. The number of likely N-dealkylation sites (tertiary alicyclic amines) is 1. The van der Waals surface area contributed by atoms with E-state index < -0.39 is 17.9 Å². The predicted molar refractivity (Wildman–Crippen MR) is 33.5 cm³/mol. The highest BCUT2D eigenvalue weighted by molar-refractivity contribution is 6.13. The molecule has 0 unspecified atom stereocenters. The normalized spacial score (nSPS) is 17.4. The molecule has 1 saturated heterocycles. The molecule has 0 radical (unpaired) electrons. The van der Waals surface area contributed by atoms with E-state index in [4.69, 9.17) is 0 Å². The van der Waals surface area contributed by atoms with Crippen LogP contribution in [0.2, 0.25) is 0 Å². The van der Waals surface area contributed by atoms with Crippen LogP contribution in [-0.4, -0.2) is 29.9 Å². The number of rotatable bonds is 0. The summed E-state index contributed by atoms with van der Waals surface area (Å²) in [5.41, 5.74) is 0. The van der Waals surface area contributed by atoms with Crippen molar-refractivity contribution in [3.8, 4) is 0 Å². The average Bonchev–Trinajstić information content (AvgIpc) is 2.30. The molecule has 60 valence electrons. The van der Waals surface area contributed by atoms with Crippen LogP contribution in [0.15, 0.2) is 0 Å². The fraction of sp³-hybridized carbons (Fsp3) is 0.500. The lowest BCUT2D eigenvalue weighted by molar-refractivity contribution is -0.135. The van der Waals surface area contributed by atoms with Crippen LogP contribution < -0.4 is 0 Å². The molecule has 1 aliphatic rings. The van der Waals surface area contributed by atoms with Gasteiger partial charge in [0.25, 0.3) is 0 Å². The molecule has 1 aliphatic heterocycles. The molecule has 1 fully saturated rings. The Hall–Kier alpha value is -1.39. The SMILES string of the molecule is COC(=O)N1C(=O)CCC1=O. The maximum absolute atomic E-state index is 10.8. The van der Waals surface area contributed by atoms with Crippen LogP contribution in [0.1, 0.15) is 12.8 Å². The topological polar surface area (TPSA) is 63.7 Å². The van der Waals surface area contributed by atoms with Crippen LogP contribution in [0.3, 0.4) is 0 Å². The first-order chi connectivity index (χ1) is 5.16. The second-order valence-electron chi connectivity index (χ2n) is 2.09. The quantitative estimate of drug-likeness (QED) is 0.460. The third-order valence-corrected chi connectivity index (χ3v) is 1.41. The summed E-state index contributed by atoms with van der Waals surface area (Å²) in [5.74, 6) is -0.969. The molecule has 1 rings (SSSR count). The lowest BCUT2D eigenvalue weighted by atomic mass is 10.4. The second kappa shape index (κ2) is 2.69. The smallest absolute Gasteiger partial charge is 0.423 e. The molecule has 0 aromatic heterocycles. The zero-order chi connectivity index (χ0) is 8.43. The van der Waals surface area contributed by atoms with Crippen molar-refractivity contribution >= 4 is 17.9 Å². The van der Waals surface area contributed by atoms with Gasteiger partial charge in [-0.05, 0) is 0 Å². The third-order valence-electron chi connectivity index (χ3n) is 1.41. The van der Waals surface area contributed by atoms with Crippen molar-refractivity contribution < 1.29 is 19.1 Å². The van der Waals surface area contributed by atoms with Gasteiger partial charge in [0.15, 0.2) is 0 Å². The van der Waals surface area contributed by atoms with Gasteiger partial charge >= 0.3 is 6.09 Å². The van der Waals surface area contributed by atoms with Crippen molar-refractivity contribution in [2.45, 2.75) is 12.8 Å². The van der Waals surface area contributed by atoms with E-state index in [0.717, 1.165) is 7.11 Å². The summed E-state index contributed by atoms with van der Waals surface area (Å²) < 4.78 is 4.22. The molecule has 1 heterocycles. The van der Waals surface area contributed by atoms with Gasteiger partial charge in [-0.3, -0.25) is 9.59 Å². The fourth-order valence-corrected chi connectivity index (χ4v) is 0.871. The summed E-state index contributed by atoms with van der Waals surface area (Å²) in [6, 6.07) is 0. The molecule has 0 spiro atoms. The molecule has 0 N–H and O–H groups in total. The van der Waals surface area contributed by atoms with E-state index in [0.29, 0.717) is 4.90 Å². The van der Waals surface area contributed by atoms with Crippen LogP contribution in [0.4, 0.5) is 4.79 Å². The van der Waals surface area contributed by atoms with E-state index in [9.17, 15) is 14.4 Å². The largest absolute Gasteiger partial charge is 0.452 e. The Morgan fingerprint density at radius 2 is 1.82 bits per heavy atom. The molecule has 0 bridgehead atoms. The van der Waals surface area contributed by atoms with Crippen molar-refractivity contribution in [1.82, 2.24) is 4.90 Å². The number of hydrogen-bond acceptors (Lipinski definition) is 4. The van der Waals surface area contributed by atoms with Gasteiger partial charge in [0.2, 0.25) is 11.8 Å². The Morgan fingerprint density at radius 3 is 2.18 bits per heavy atom. The molecular formula is C6H7NO4. The maximum atomic E-state index is 10.8. The number of hydrogen-bond donors (Lipinski definition) is 0. The molecule has 0 atom stereocenters. The third kappa shape index (κ3) is 1.21. The van der Waals surface area contributed by atoms with E-state index >= 15 is 0 Å². The Morgan fingerprint density at radius 1 is 1.36 bits per heavy atom. The lowest BCUT2D eigenvalue weighted by Gasteiger charge is -2.08. The minimum atomic E-state index is -0.891. The first-order valence-electron chi connectivity index (χ1n) is 3.10. The van der Waals surface area contributed by atoms with Gasteiger partial charge < -0.3 is 4.74 Å². The van der Waals surface area contributed by atoms with E-state index in [2.05, 4.69) is 4.74 Å². The van der Waals surface area contributed by atoms with Crippen molar-refractivity contribution in [2.75, 3.05) is 7.11 Å². The number of carbonyl (C=O) groups excluding carboxylic acids is 3. The number of nitrogens with zero attached hydrogens (tertiary/aromatic N) is 1. The molecule has 0 aromatic carbocycles. The number of amides is 3. The Bertz CT molecular complexity index is 207. The van der Waals surface area contributed by atoms with Gasteiger partial charge in [-0.2, -0.15) is 4.90 Å². The number of ether oxygens (including phenoxy) is 1. The molecule has 11 heavy (non-hydrogen) atoms.